The molecule has 0 atom stereocenters. The molecule has 0 aliphatic rings. The zero-order valence-electron chi connectivity index (χ0n) is 15.3. The summed E-state index contributed by atoms with van der Waals surface area (Å²) in [7, 11) is 0. The second-order valence-electron chi connectivity index (χ2n) is 6.54. The number of aryl methyl sites for hydroxylation is 2. The molecule has 5 heteroatoms. The van der Waals surface area contributed by atoms with Crippen LogP contribution in [0.3, 0.4) is 0 Å². The van der Waals surface area contributed by atoms with E-state index in [2.05, 4.69) is 10.4 Å². The average Bonchev–Trinajstić information content (AvgIpc) is 3.32. The molecule has 4 rings (SSSR count). The summed E-state index contributed by atoms with van der Waals surface area (Å²) in [4.78, 5) is 12.9. The normalized spacial score (nSPS) is 10.7. The highest BCUT2D eigenvalue weighted by Gasteiger charge is 2.20. The first kappa shape index (κ1) is 16.8. The topological polar surface area (TPSA) is 51.9 Å². The summed E-state index contributed by atoms with van der Waals surface area (Å²) < 4.78 is 3.69. The fraction of sp³-hybridized carbons (Fsp3) is 0.0909. The number of nitrogens with zero attached hydrogens (tertiary/aromatic N) is 3. The Bertz CT molecular complexity index is 1080. The Morgan fingerprint density at radius 1 is 0.926 bits per heavy atom. The fourth-order valence-electron chi connectivity index (χ4n) is 3.01. The SMILES string of the molecule is Cc1ccc(NC(=O)c2cnn(-c3cccc(C)c3)c2-n2cccc2)cc1. The summed E-state index contributed by atoms with van der Waals surface area (Å²) in [5.41, 5.74) is 4.45. The molecule has 0 aliphatic heterocycles. The molecular formula is C22H20N4O. The van der Waals surface area contributed by atoms with Crippen LogP contribution in [-0.4, -0.2) is 20.3 Å². The number of rotatable bonds is 4. The van der Waals surface area contributed by atoms with Crippen LogP contribution in [0.25, 0.3) is 11.5 Å². The lowest BCUT2D eigenvalue weighted by atomic mass is 10.2. The summed E-state index contributed by atoms with van der Waals surface area (Å²) in [5.74, 6) is 0.511. The van der Waals surface area contributed by atoms with Gasteiger partial charge in [0.15, 0.2) is 5.82 Å². The molecule has 0 radical (unpaired) electrons. The van der Waals surface area contributed by atoms with Crippen LogP contribution in [0.5, 0.6) is 0 Å². The molecule has 134 valence electrons. The molecule has 0 fully saturated rings. The highest BCUT2D eigenvalue weighted by atomic mass is 16.1. The highest BCUT2D eigenvalue weighted by molar-refractivity contribution is 6.06. The second-order valence-corrected chi connectivity index (χ2v) is 6.54. The van der Waals surface area contributed by atoms with E-state index in [1.54, 1.807) is 10.9 Å². The van der Waals surface area contributed by atoms with E-state index in [-0.39, 0.29) is 5.91 Å². The molecule has 1 N–H and O–H groups in total. The van der Waals surface area contributed by atoms with Crippen LogP contribution in [0.4, 0.5) is 5.69 Å². The number of anilines is 1. The Morgan fingerprint density at radius 3 is 2.37 bits per heavy atom. The summed E-state index contributed by atoms with van der Waals surface area (Å²) in [6, 6.07) is 19.6. The minimum Gasteiger partial charge on any atom is -0.322 e. The van der Waals surface area contributed by atoms with E-state index in [0.717, 1.165) is 22.5 Å². The van der Waals surface area contributed by atoms with Gasteiger partial charge in [0.1, 0.15) is 5.56 Å². The minimum atomic E-state index is -0.193. The Balaban J connectivity index is 1.77. The summed E-state index contributed by atoms with van der Waals surface area (Å²) in [6.45, 7) is 4.05. The zero-order valence-corrected chi connectivity index (χ0v) is 15.3. The van der Waals surface area contributed by atoms with Gasteiger partial charge < -0.3 is 9.88 Å². The van der Waals surface area contributed by atoms with Gasteiger partial charge in [-0.25, -0.2) is 4.68 Å². The van der Waals surface area contributed by atoms with Gasteiger partial charge in [0, 0.05) is 18.1 Å². The van der Waals surface area contributed by atoms with Crippen molar-refractivity contribution in [3.63, 3.8) is 0 Å². The van der Waals surface area contributed by atoms with Crippen molar-refractivity contribution < 1.29 is 4.79 Å². The first-order valence-corrected chi connectivity index (χ1v) is 8.78. The molecule has 0 spiro atoms. The van der Waals surface area contributed by atoms with Crippen LogP contribution in [0, 0.1) is 13.8 Å². The molecule has 5 nitrogen and oxygen atoms in total. The van der Waals surface area contributed by atoms with Gasteiger partial charge in [-0.2, -0.15) is 5.10 Å². The van der Waals surface area contributed by atoms with E-state index in [1.807, 2.05) is 91.5 Å². The number of nitrogens with one attached hydrogen (secondary N) is 1. The number of benzene rings is 2. The summed E-state index contributed by atoms with van der Waals surface area (Å²) >= 11 is 0. The molecule has 2 aromatic carbocycles. The van der Waals surface area contributed by atoms with Crippen molar-refractivity contribution in [1.29, 1.82) is 0 Å². The van der Waals surface area contributed by atoms with Gasteiger partial charge >= 0.3 is 0 Å². The molecule has 4 aromatic rings. The molecule has 1 amide bonds. The third kappa shape index (κ3) is 3.40. The zero-order chi connectivity index (χ0) is 18.8. The predicted octanol–water partition coefficient (Wildman–Crippen LogP) is 4.53. The lowest BCUT2D eigenvalue weighted by Gasteiger charge is -2.12. The number of aromatic nitrogens is 3. The van der Waals surface area contributed by atoms with E-state index in [4.69, 9.17) is 0 Å². The fourth-order valence-corrected chi connectivity index (χ4v) is 3.01. The van der Waals surface area contributed by atoms with Gasteiger partial charge in [-0.05, 0) is 55.8 Å². The van der Waals surface area contributed by atoms with Crippen molar-refractivity contribution in [2.45, 2.75) is 13.8 Å². The first-order chi connectivity index (χ1) is 13.1. The average molecular weight is 356 g/mol. The number of carbonyl (C=O) groups excluding carboxylic acids is 1. The first-order valence-electron chi connectivity index (χ1n) is 8.78. The van der Waals surface area contributed by atoms with E-state index < -0.39 is 0 Å². The van der Waals surface area contributed by atoms with Crippen LogP contribution in [0.2, 0.25) is 0 Å². The predicted molar refractivity (Wildman–Crippen MR) is 107 cm³/mol. The second kappa shape index (κ2) is 6.96. The van der Waals surface area contributed by atoms with Crippen LogP contribution in [-0.2, 0) is 0 Å². The molecule has 2 heterocycles. The maximum Gasteiger partial charge on any atom is 0.261 e. The highest BCUT2D eigenvalue weighted by Crippen LogP contribution is 2.22. The van der Waals surface area contributed by atoms with E-state index in [0.29, 0.717) is 11.4 Å². The summed E-state index contributed by atoms with van der Waals surface area (Å²) in [6.07, 6.45) is 5.43. The van der Waals surface area contributed by atoms with Gasteiger partial charge in [0.25, 0.3) is 5.91 Å². The van der Waals surface area contributed by atoms with Gasteiger partial charge in [0.05, 0.1) is 11.9 Å². The number of amides is 1. The van der Waals surface area contributed by atoms with E-state index >= 15 is 0 Å². The van der Waals surface area contributed by atoms with Crippen molar-refractivity contribution in [3.8, 4) is 11.5 Å². The molecule has 0 aliphatic carbocycles. The van der Waals surface area contributed by atoms with Gasteiger partial charge in [-0.3, -0.25) is 4.79 Å². The van der Waals surface area contributed by atoms with Crippen LogP contribution in [0.15, 0.2) is 79.3 Å². The third-order valence-corrected chi connectivity index (χ3v) is 4.39. The third-order valence-electron chi connectivity index (χ3n) is 4.39. The number of carbonyl (C=O) groups is 1. The lowest BCUT2D eigenvalue weighted by Crippen LogP contribution is -2.15. The Labute approximate surface area is 157 Å². The van der Waals surface area contributed by atoms with E-state index in [1.165, 1.54) is 0 Å². The Kier molecular flexibility index (Phi) is 4.34. The largest absolute Gasteiger partial charge is 0.322 e. The van der Waals surface area contributed by atoms with Gasteiger partial charge in [-0.15, -0.1) is 0 Å². The Hall–Kier alpha value is -3.60. The van der Waals surface area contributed by atoms with Crippen molar-refractivity contribution in [2.24, 2.45) is 0 Å². The van der Waals surface area contributed by atoms with Crippen LogP contribution < -0.4 is 5.32 Å². The van der Waals surface area contributed by atoms with Crippen LogP contribution >= 0.6 is 0 Å². The number of hydrogen-bond acceptors (Lipinski definition) is 2. The minimum absolute atomic E-state index is 0.193. The molecule has 27 heavy (non-hydrogen) atoms. The van der Waals surface area contributed by atoms with Crippen LogP contribution in [0.1, 0.15) is 21.5 Å². The Morgan fingerprint density at radius 2 is 1.67 bits per heavy atom. The van der Waals surface area contributed by atoms with E-state index in [9.17, 15) is 4.79 Å². The van der Waals surface area contributed by atoms with Crippen molar-refractivity contribution in [3.05, 3.63) is 95.9 Å². The van der Waals surface area contributed by atoms with Gasteiger partial charge in [-0.1, -0.05) is 29.8 Å². The van der Waals surface area contributed by atoms with Crippen molar-refractivity contribution in [2.75, 3.05) is 5.32 Å². The smallest absolute Gasteiger partial charge is 0.261 e. The quantitative estimate of drug-likeness (QED) is 0.584. The molecule has 0 bridgehead atoms. The van der Waals surface area contributed by atoms with Crippen molar-refractivity contribution >= 4 is 11.6 Å². The lowest BCUT2D eigenvalue weighted by molar-refractivity contribution is 0.102. The maximum absolute atomic E-state index is 12.9. The molecule has 2 aromatic heterocycles. The van der Waals surface area contributed by atoms with Gasteiger partial charge in [0.2, 0.25) is 0 Å². The molecule has 0 saturated heterocycles. The maximum atomic E-state index is 12.9. The monoisotopic (exact) mass is 356 g/mol. The molecule has 0 saturated carbocycles. The molecule has 0 unspecified atom stereocenters. The summed E-state index contributed by atoms with van der Waals surface area (Å²) in [5, 5.41) is 7.45. The number of hydrogen-bond donors (Lipinski definition) is 1. The van der Waals surface area contributed by atoms with Crippen molar-refractivity contribution in [1.82, 2.24) is 14.3 Å². The molecular weight excluding hydrogens is 336 g/mol. The standard InChI is InChI=1S/C22H20N4O/c1-16-8-10-18(11-9-16)24-21(27)20-15-23-26(19-7-5-6-17(2)14-19)22(20)25-12-3-4-13-25/h3-15H,1-2H3,(H,24,27).